The smallest absolute Gasteiger partial charge is 0.224 e. The van der Waals surface area contributed by atoms with Gasteiger partial charge in [-0.1, -0.05) is 18.2 Å². The van der Waals surface area contributed by atoms with E-state index in [1.54, 1.807) is 24.3 Å². The second kappa shape index (κ2) is 6.04. The standard InChI is InChI=1S/C11H10BrClN4O2S/c12-8-5-15-11(13)17-10(8)16-9-4-2-1-3-7(9)6-20(14,18)19/h1-5H,6H2,(H2,14,18,19)(H,15,16,17). The third-order valence-corrected chi connectivity index (χ3v) is 3.82. The third kappa shape index (κ3) is 4.14. The number of nitrogens with one attached hydrogen (secondary N) is 1. The topological polar surface area (TPSA) is 98.0 Å². The highest BCUT2D eigenvalue weighted by Crippen LogP contribution is 2.26. The molecule has 1 aromatic heterocycles. The fourth-order valence-corrected chi connectivity index (χ4v) is 2.65. The molecule has 0 unspecified atom stereocenters. The van der Waals surface area contributed by atoms with Gasteiger partial charge in [0.25, 0.3) is 0 Å². The summed E-state index contributed by atoms with van der Waals surface area (Å²) in [7, 11) is -3.62. The molecule has 6 nitrogen and oxygen atoms in total. The molecule has 20 heavy (non-hydrogen) atoms. The first kappa shape index (κ1) is 15.2. The number of halogens is 2. The van der Waals surface area contributed by atoms with Gasteiger partial charge in [0.15, 0.2) is 0 Å². The summed E-state index contributed by atoms with van der Waals surface area (Å²) in [6.45, 7) is 0. The van der Waals surface area contributed by atoms with Crippen LogP contribution in [0.1, 0.15) is 5.56 Å². The highest BCUT2D eigenvalue weighted by Gasteiger charge is 2.11. The van der Waals surface area contributed by atoms with Crippen LogP contribution in [0.25, 0.3) is 0 Å². The van der Waals surface area contributed by atoms with Gasteiger partial charge in [-0.2, -0.15) is 4.98 Å². The molecule has 0 aliphatic rings. The molecule has 0 aliphatic heterocycles. The van der Waals surface area contributed by atoms with Gasteiger partial charge < -0.3 is 5.32 Å². The minimum absolute atomic E-state index is 0.0830. The lowest BCUT2D eigenvalue weighted by molar-refractivity contribution is 0.597. The number of primary sulfonamides is 1. The summed E-state index contributed by atoms with van der Waals surface area (Å²) < 4.78 is 23.0. The largest absolute Gasteiger partial charge is 0.339 e. The fraction of sp³-hybridized carbons (Fsp3) is 0.0909. The molecule has 1 heterocycles. The maximum Gasteiger partial charge on any atom is 0.224 e. The van der Waals surface area contributed by atoms with Crippen LogP contribution >= 0.6 is 27.5 Å². The van der Waals surface area contributed by atoms with Crippen LogP contribution in [0.3, 0.4) is 0 Å². The Hall–Kier alpha value is -1.22. The molecule has 0 bridgehead atoms. The summed E-state index contributed by atoms with van der Waals surface area (Å²) in [6.07, 6.45) is 1.50. The number of anilines is 2. The lowest BCUT2D eigenvalue weighted by Crippen LogP contribution is -2.15. The van der Waals surface area contributed by atoms with E-state index in [0.717, 1.165) is 0 Å². The molecule has 0 atom stereocenters. The van der Waals surface area contributed by atoms with Crippen molar-refractivity contribution in [3.8, 4) is 0 Å². The van der Waals surface area contributed by atoms with Crippen molar-refractivity contribution >= 4 is 49.1 Å². The highest BCUT2D eigenvalue weighted by molar-refractivity contribution is 9.10. The van der Waals surface area contributed by atoms with Crippen LogP contribution in [0.5, 0.6) is 0 Å². The van der Waals surface area contributed by atoms with Gasteiger partial charge in [0.2, 0.25) is 15.3 Å². The monoisotopic (exact) mass is 376 g/mol. The molecule has 0 saturated carbocycles. The number of nitrogens with zero attached hydrogens (tertiary/aromatic N) is 2. The van der Waals surface area contributed by atoms with E-state index in [-0.39, 0.29) is 11.0 Å². The van der Waals surface area contributed by atoms with Crippen molar-refractivity contribution in [1.29, 1.82) is 0 Å². The minimum atomic E-state index is -3.62. The molecule has 0 saturated heterocycles. The Morgan fingerprint density at radius 2 is 2.05 bits per heavy atom. The Balaban J connectivity index is 2.36. The lowest BCUT2D eigenvalue weighted by Gasteiger charge is -2.11. The molecule has 1 aromatic carbocycles. The van der Waals surface area contributed by atoms with Gasteiger partial charge in [0.1, 0.15) is 5.82 Å². The second-order valence-electron chi connectivity index (χ2n) is 3.92. The Morgan fingerprint density at radius 1 is 1.35 bits per heavy atom. The third-order valence-electron chi connectivity index (χ3n) is 2.34. The zero-order valence-electron chi connectivity index (χ0n) is 10.0. The van der Waals surface area contributed by atoms with E-state index in [0.29, 0.717) is 21.5 Å². The van der Waals surface area contributed by atoms with Gasteiger partial charge in [-0.05, 0) is 39.2 Å². The van der Waals surface area contributed by atoms with Gasteiger partial charge in [-0.25, -0.2) is 18.5 Å². The highest BCUT2D eigenvalue weighted by atomic mass is 79.9. The second-order valence-corrected chi connectivity index (χ2v) is 6.73. The Morgan fingerprint density at radius 3 is 2.75 bits per heavy atom. The molecule has 0 spiro atoms. The normalized spacial score (nSPS) is 11.3. The van der Waals surface area contributed by atoms with Crippen molar-refractivity contribution in [3.05, 3.63) is 45.8 Å². The summed E-state index contributed by atoms with van der Waals surface area (Å²) in [6, 6.07) is 6.89. The Labute approximate surface area is 129 Å². The number of hydrogen-bond acceptors (Lipinski definition) is 5. The molecule has 0 fully saturated rings. The van der Waals surface area contributed by atoms with Gasteiger partial charge in [-0.15, -0.1) is 0 Å². The minimum Gasteiger partial charge on any atom is -0.339 e. The average molecular weight is 378 g/mol. The van der Waals surface area contributed by atoms with E-state index in [4.69, 9.17) is 16.7 Å². The van der Waals surface area contributed by atoms with Crippen LogP contribution in [0.2, 0.25) is 5.28 Å². The van der Waals surface area contributed by atoms with Gasteiger partial charge in [-0.3, -0.25) is 0 Å². The summed E-state index contributed by atoms with van der Waals surface area (Å²) in [4.78, 5) is 7.84. The number of nitrogens with two attached hydrogens (primary N) is 1. The first-order valence-corrected chi connectivity index (χ1v) is 8.27. The number of rotatable bonds is 4. The SMILES string of the molecule is NS(=O)(=O)Cc1ccccc1Nc1nc(Cl)ncc1Br. The number of para-hydroxylation sites is 1. The van der Waals surface area contributed by atoms with E-state index in [2.05, 4.69) is 31.2 Å². The number of hydrogen-bond donors (Lipinski definition) is 2. The summed E-state index contributed by atoms with van der Waals surface area (Å²) >= 11 is 9.02. The van der Waals surface area contributed by atoms with Crippen molar-refractivity contribution in [2.24, 2.45) is 5.14 Å². The summed E-state index contributed by atoms with van der Waals surface area (Å²) in [5.41, 5.74) is 1.12. The van der Waals surface area contributed by atoms with E-state index < -0.39 is 10.0 Å². The van der Waals surface area contributed by atoms with Crippen molar-refractivity contribution in [2.45, 2.75) is 5.75 Å². The zero-order valence-corrected chi connectivity index (χ0v) is 13.2. The predicted molar refractivity (Wildman–Crippen MR) is 81.3 cm³/mol. The number of sulfonamides is 1. The molecule has 0 radical (unpaired) electrons. The summed E-state index contributed by atoms with van der Waals surface area (Å²) in [5.74, 6) is 0.166. The van der Waals surface area contributed by atoms with Crippen LogP contribution in [-0.2, 0) is 15.8 Å². The number of aromatic nitrogens is 2. The molecular weight excluding hydrogens is 368 g/mol. The average Bonchev–Trinajstić information content (AvgIpc) is 2.34. The molecule has 2 rings (SSSR count). The molecular formula is C11H10BrClN4O2S. The Kier molecular flexibility index (Phi) is 4.59. The first-order valence-electron chi connectivity index (χ1n) is 5.38. The summed E-state index contributed by atoms with van der Waals surface area (Å²) in [5, 5.41) is 8.16. The first-order chi connectivity index (χ1) is 9.35. The van der Waals surface area contributed by atoms with Crippen LogP contribution in [0.15, 0.2) is 34.9 Å². The number of benzene rings is 1. The van der Waals surface area contributed by atoms with Crippen LogP contribution < -0.4 is 10.5 Å². The zero-order chi connectivity index (χ0) is 14.8. The molecule has 3 N–H and O–H groups in total. The van der Waals surface area contributed by atoms with Crippen molar-refractivity contribution < 1.29 is 8.42 Å². The van der Waals surface area contributed by atoms with Gasteiger partial charge in [0, 0.05) is 11.9 Å². The van der Waals surface area contributed by atoms with Crippen LogP contribution in [0, 0.1) is 0 Å². The molecule has 106 valence electrons. The quantitative estimate of drug-likeness (QED) is 0.797. The lowest BCUT2D eigenvalue weighted by atomic mass is 10.2. The predicted octanol–water partition coefficient (Wildman–Crippen LogP) is 2.42. The molecule has 9 heteroatoms. The maximum absolute atomic E-state index is 11.2. The van der Waals surface area contributed by atoms with E-state index in [9.17, 15) is 8.42 Å². The van der Waals surface area contributed by atoms with Crippen molar-refractivity contribution in [2.75, 3.05) is 5.32 Å². The van der Waals surface area contributed by atoms with Crippen molar-refractivity contribution in [1.82, 2.24) is 9.97 Å². The van der Waals surface area contributed by atoms with E-state index in [1.807, 2.05) is 0 Å². The van der Waals surface area contributed by atoms with Crippen LogP contribution in [-0.4, -0.2) is 18.4 Å². The van der Waals surface area contributed by atoms with Gasteiger partial charge >= 0.3 is 0 Å². The van der Waals surface area contributed by atoms with Crippen LogP contribution in [0.4, 0.5) is 11.5 Å². The molecule has 0 amide bonds. The van der Waals surface area contributed by atoms with E-state index >= 15 is 0 Å². The van der Waals surface area contributed by atoms with E-state index in [1.165, 1.54) is 6.20 Å². The van der Waals surface area contributed by atoms with Crippen molar-refractivity contribution in [3.63, 3.8) is 0 Å². The fourth-order valence-electron chi connectivity index (χ4n) is 1.55. The molecule has 2 aromatic rings. The van der Waals surface area contributed by atoms with Gasteiger partial charge in [0.05, 0.1) is 10.2 Å². The maximum atomic E-state index is 11.2. The molecule has 0 aliphatic carbocycles. The Bertz CT molecular complexity index is 739.